The lowest BCUT2D eigenvalue weighted by Crippen LogP contribution is -2.29. The third kappa shape index (κ3) is 3.30. The van der Waals surface area contributed by atoms with Crippen molar-refractivity contribution in [1.29, 1.82) is 0 Å². The molecule has 0 bridgehead atoms. The molecule has 3 aromatic rings. The van der Waals surface area contributed by atoms with E-state index in [-0.39, 0.29) is 11.7 Å². The summed E-state index contributed by atoms with van der Waals surface area (Å²) in [5, 5.41) is 1.42. The molecule has 3 aromatic carbocycles. The molecule has 0 aromatic heterocycles. The highest BCUT2D eigenvalue weighted by Crippen LogP contribution is 2.50. The Hall–Kier alpha value is -3.03. The maximum atomic E-state index is 13.5. The summed E-state index contributed by atoms with van der Waals surface area (Å²) in [4.78, 5) is 23.5. The van der Waals surface area contributed by atoms with Crippen LogP contribution in [0.5, 0.6) is 0 Å². The SMILES string of the molecule is CN1C(=C2SC(=Nc3ccccc3)N(c3ccc(F)cc3)C2=O)Sc2ccccc21. The molecule has 5 rings (SSSR count). The Morgan fingerprint density at radius 1 is 0.867 bits per heavy atom. The standard InChI is InChI=1S/C23H16FN3OS2/c1-26-18-9-5-6-10-19(18)29-22(26)20-21(28)27(17-13-11-15(24)12-14-17)23(30-20)25-16-7-3-2-4-8-16/h2-14H,1H3. The lowest BCUT2D eigenvalue weighted by Gasteiger charge is -2.16. The Labute approximate surface area is 182 Å². The first kappa shape index (κ1) is 19.0. The number of hydrogen-bond donors (Lipinski definition) is 0. The van der Waals surface area contributed by atoms with Crippen LogP contribution in [0.1, 0.15) is 0 Å². The minimum atomic E-state index is -0.347. The number of carbonyl (C=O) groups excluding carboxylic acids is 1. The zero-order valence-electron chi connectivity index (χ0n) is 15.9. The normalized spacial score (nSPS) is 19.7. The minimum absolute atomic E-state index is 0.163. The van der Waals surface area contributed by atoms with Crippen molar-refractivity contribution in [1.82, 2.24) is 0 Å². The molecule has 148 valence electrons. The van der Waals surface area contributed by atoms with Gasteiger partial charge in [-0.05, 0) is 60.3 Å². The number of amidine groups is 1. The van der Waals surface area contributed by atoms with Crippen LogP contribution in [-0.4, -0.2) is 18.1 Å². The van der Waals surface area contributed by atoms with Crippen LogP contribution >= 0.6 is 23.5 Å². The molecule has 0 atom stereocenters. The molecule has 7 heteroatoms. The van der Waals surface area contributed by atoms with Gasteiger partial charge in [-0.1, -0.05) is 42.1 Å². The largest absolute Gasteiger partial charge is 0.337 e. The molecule has 2 heterocycles. The van der Waals surface area contributed by atoms with Gasteiger partial charge in [-0.2, -0.15) is 0 Å². The van der Waals surface area contributed by atoms with Gasteiger partial charge in [-0.15, -0.1) is 0 Å². The lowest BCUT2D eigenvalue weighted by molar-refractivity contribution is -0.113. The van der Waals surface area contributed by atoms with Crippen molar-refractivity contribution in [3.63, 3.8) is 0 Å². The Balaban J connectivity index is 1.61. The third-order valence-electron chi connectivity index (χ3n) is 4.78. The van der Waals surface area contributed by atoms with Crippen LogP contribution in [0.3, 0.4) is 0 Å². The molecule has 0 spiro atoms. The first-order chi connectivity index (χ1) is 14.6. The van der Waals surface area contributed by atoms with Crippen LogP contribution in [0.4, 0.5) is 21.5 Å². The molecule has 1 fully saturated rings. The fourth-order valence-corrected chi connectivity index (χ4v) is 5.65. The fourth-order valence-electron chi connectivity index (χ4n) is 3.31. The van der Waals surface area contributed by atoms with Gasteiger partial charge in [0.15, 0.2) is 5.17 Å². The Morgan fingerprint density at radius 3 is 2.30 bits per heavy atom. The number of hydrogen-bond acceptors (Lipinski definition) is 5. The van der Waals surface area contributed by atoms with Crippen molar-refractivity contribution in [2.75, 3.05) is 16.8 Å². The van der Waals surface area contributed by atoms with Crippen molar-refractivity contribution in [2.24, 2.45) is 4.99 Å². The van der Waals surface area contributed by atoms with E-state index in [1.165, 1.54) is 23.9 Å². The number of nitrogens with zero attached hydrogens (tertiary/aromatic N) is 3. The van der Waals surface area contributed by atoms with Gasteiger partial charge in [0, 0.05) is 11.9 Å². The first-order valence-electron chi connectivity index (χ1n) is 9.28. The summed E-state index contributed by atoms with van der Waals surface area (Å²) < 4.78 is 13.5. The van der Waals surface area contributed by atoms with Gasteiger partial charge < -0.3 is 4.90 Å². The number of fused-ring (bicyclic) bond motifs is 1. The second kappa shape index (κ2) is 7.66. The van der Waals surface area contributed by atoms with Gasteiger partial charge in [-0.25, -0.2) is 9.38 Å². The van der Waals surface area contributed by atoms with Crippen molar-refractivity contribution >= 4 is 51.7 Å². The zero-order valence-corrected chi connectivity index (χ0v) is 17.6. The molecule has 1 saturated heterocycles. The molecule has 0 unspecified atom stereocenters. The molecule has 1 amide bonds. The number of carbonyl (C=O) groups is 1. The number of rotatable bonds is 2. The molecule has 0 aliphatic carbocycles. The minimum Gasteiger partial charge on any atom is -0.337 e. The van der Waals surface area contributed by atoms with Gasteiger partial charge in [0.25, 0.3) is 5.91 Å². The number of thioether (sulfide) groups is 2. The van der Waals surface area contributed by atoms with Crippen molar-refractivity contribution in [2.45, 2.75) is 4.90 Å². The second-order valence-corrected chi connectivity index (χ2v) is 8.72. The predicted octanol–water partition coefficient (Wildman–Crippen LogP) is 6.00. The van der Waals surface area contributed by atoms with E-state index >= 15 is 0 Å². The van der Waals surface area contributed by atoms with Crippen molar-refractivity contribution in [3.8, 4) is 0 Å². The molecule has 4 nitrogen and oxygen atoms in total. The monoisotopic (exact) mass is 433 g/mol. The summed E-state index contributed by atoms with van der Waals surface area (Å²) in [6.07, 6.45) is 0. The van der Waals surface area contributed by atoms with Crippen LogP contribution in [-0.2, 0) is 4.79 Å². The fraction of sp³-hybridized carbons (Fsp3) is 0.0435. The van der Waals surface area contributed by atoms with Crippen molar-refractivity contribution < 1.29 is 9.18 Å². The Morgan fingerprint density at radius 2 is 1.57 bits per heavy atom. The third-order valence-corrected chi connectivity index (χ3v) is 7.17. The summed E-state index contributed by atoms with van der Waals surface area (Å²) >= 11 is 2.92. The molecular weight excluding hydrogens is 417 g/mol. The number of amides is 1. The Kier molecular flexibility index (Phi) is 4.84. The maximum Gasteiger partial charge on any atom is 0.274 e. The van der Waals surface area contributed by atoms with Gasteiger partial charge in [0.1, 0.15) is 10.7 Å². The number of para-hydroxylation sites is 2. The predicted molar refractivity (Wildman–Crippen MR) is 123 cm³/mol. The maximum absolute atomic E-state index is 13.5. The highest BCUT2D eigenvalue weighted by molar-refractivity contribution is 8.20. The topological polar surface area (TPSA) is 35.9 Å². The Bertz CT molecular complexity index is 1190. The summed E-state index contributed by atoms with van der Waals surface area (Å²) in [5.41, 5.74) is 2.41. The number of aliphatic imine (C=N–C) groups is 1. The average molecular weight is 434 g/mol. The van der Waals surface area contributed by atoms with E-state index < -0.39 is 0 Å². The van der Waals surface area contributed by atoms with Crippen LogP contribution in [0.15, 0.2) is 98.7 Å². The zero-order chi connectivity index (χ0) is 20.7. The summed E-state index contributed by atoms with van der Waals surface area (Å²) in [6, 6.07) is 23.5. The van der Waals surface area contributed by atoms with E-state index in [1.54, 1.807) is 28.8 Å². The molecule has 2 aliphatic heterocycles. The first-order valence-corrected chi connectivity index (χ1v) is 10.9. The van der Waals surface area contributed by atoms with E-state index in [2.05, 4.69) is 0 Å². The van der Waals surface area contributed by atoms with Gasteiger partial charge >= 0.3 is 0 Å². The number of halogens is 1. The molecule has 0 radical (unpaired) electrons. The molecular formula is C23H16FN3OS2. The highest BCUT2D eigenvalue weighted by Gasteiger charge is 2.40. The van der Waals surface area contributed by atoms with Gasteiger partial charge in [0.05, 0.1) is 22.1 Å². The van der Waals surface area contributed by atoms with Gasteiger partial charge in [-0.3, -0.25) is 9.69 Å². The molecule has 0 saturated carbocycles. The summed E-state index contributed by atoms with van der Waals surface area (Å²) in [6.45, 7) is 0. The van der Waals surface area contributed by atoms with Crippen LogP contribution in [0.25, 0.3) is 0 Å². The van der Waals surface area contributed by atoms with Crippen molar-refractivity contribution in [3.05, 3.63) is 94.6 Å². The molecule has 2 aliphatic rings. The second-order valence-electron chi connectivity index (χ2n) is 6.71. The average Bonchev–Trinajstić information content (AvgIpc) is 3.26. The van der Waals surface area contributed by atoms with Crippen LogP contribution < -0.4 is 9.80 Å². The van der Waals surface area contributed by atoms with E-state index in [0.717, 1.165) is 21.3 Å². The lowest BCUT2D eigenvalue weighted by atomic mass is 10.3. The summed E-state index contributed by atoms with van der Waals surface area (Å²) in [7, 11) is 1.96. The quantitative estimate of drug-likeness (QED) is 0.464. The van der Waals surface area contributed by atoms with E-state index in [4.69, 9.17) is 4.99 Å². The van der Waals surface area contributed by atoms with E-state index in [0.29, 0.717) is 15.8 Å². The summed E-state index contributed by atoms with van der Waals surface area (Å²) in [5.74, 6) is -0.511. The highest BCUT2D eigenvalue weighted by atomic mass is 32.2. The smallest absolute Gasteiger partial charge is 0.274 e. The van der Waals surface area contributed by atoms with Crippen LogP contribution in [0.2, 0.25) is 0 Å². The van der Waals surface area contributed by atoms with E-state index in [9.17, 15) is 9.18 Å². The number of anilines is 2. The van der Waals surface area contributed by atoms with E-state index in [1.807, 2.05) is 66.5 Å². The van der Waals surface area contributed by atoms with Gasteiger partial charge in [0.2, 0.25) is 0 Å². The molecule has 0 N–H and O–H groups in total. The molecule has 30 heavy (non-hydrogen) atoms. The number of benzene rings is 3. The van der Waals surface area contributed by atoms with Crippen LogP contribution in [0, 0.1) is 5.82 Å².